The Morgan fingerprint density at radius 3 is 2.70 bits per heavy atom. The van der Waals surface area contributed by atoms with Crippen LogP contribution in [0.3, 0.4) is 0 Å². The second-order valence-electron chi connectivity index (χ2n) is 2.35. The Morgan fingerprint density at radius 2 is 2.40 bits per heavy atom. The van der Waals surface area contributed by atoms with Gasteiger partial charge in [0.25, 0.3) is 0 Å². The van der Waals surface area contributed by atoms with Gasteiger partial charge in [-0.1, -0.05) is 18.3 Å². The normalized spacial score (nSPS) is 29.6. The van der Waals surface area contributed by atoms with E-state index in [0.717, 1.165) is 6.42 Å². The number of rotatable bonds is 2. The molecule has 0 spiro atoms. The molecule has 1 saturated carbocycles. The van der Waals surface area contributed by atoms with Gasteiger partial charge < -0.3 is 10.8 Å². The summed E-state index contributed by atoms with van der Waals surface area (Å²) in [5, 5.41) is 16.2. The maximum atomic E-state index is 8.86. The Morgan fingerprint density at radius 1 is 1.80 bits per heavy atom. The Hall–Kier alpha value is -0.640. The van der Waals surface area contributed by atoms with Crippen LogP contribution >= 0.6 is 11.8 Å². The zero-order chi connectivity index (χ0) is 7.72. The summed E-state index contributed by atoms with van der Waals surface area (Å²) in [4.78, 5) is 0. The van der Waals surface area contributed by atoms with Gasteiger partial charge in [-0.3, -0.25) is 5.41 Å². The molecule has 0 aliphatic heterocycles. The summed E-state index contributed by atoms with van der Waals surface area (Å²) in [6, 6.07) is 0. The minimum absolute atomic E-state index is 0.119. The molecule has 0 aromatic heterocycles. The number of nitrogens with two attached hydrogens (primary N) is 1. The number of amidine groups is 1. The van der Waals surface area contributed by atoms with E-state index in [1.807, 2.05) is 0 Å². The number of hydrogen-bond acceptors (Lipinski definition) is 3. The molecule has 0 unspecified atom stereocenters. The maximum Gasteiger partial charge on any atom is 0.151 e. The zero-order valence-electron chi connectivity index (χ0n) is 5.50. The van der Waals surface area contributed by atoms with Crippen molar-refractivity contribution < 1.29 is 5.11 Å². The first kappa shape index (κ1) is 7.47. The highest BCUT2D eigenvalue weighted by atomic mass is 32.2. The minimum atomic E-state index is 0.119. The number of nitrogens with one attached hydrogen (secondary N) is 1. The summed E-state index contributed by atoms with van der Waals surface area (Å²) in [6.45, 7) is 3.41. The number of aliphatic hydroxyl groups excluding tert-OH is 1. The lowest BCUT2D eigenvalue weighted by atomic mass is 10.4. The third kappa shape index (κ3) is 1.67. The fourth-order valence-corrected chi connectivity index (χ4v) is 1.77. The summed E-state index contributed by atoms with van der Waals surface area (Å²) >= 11 is 1.30. The smallest absolute Gasteiger partial charge is 0.151 e. The van der Waals surface area contributed by atoms with E-state index in [1.165, 1.54) is 11.8 Å². The van der Waals surface area contributed by atoms with Gasteiger partial charge in [0.05, 0.1) is 5.76 Å². The van der Waals surface area contributed by atoms with E-state index >= 15 is 0 Å². The van der Waals surface area contributed by atoms with E-state index in [4.69, 9.17) is 16.2 Å². The molecular weight excluding hydrogens is 148 g/mol. The second kappa shape index (κ2) is 2.54. The molecule has 0 radical (unpaired) electrons. The lowest BCUT2D eigenvalue weighted by molar-refractivity contribution is 0.383. The maximum absolute atomic E-state index is 8.86. The summed E-state index contributed by atoms with van der Waals surface area (Å²) in [7, 11) is 0. The van der Waals surface area contributed by atoms with Crippen LogP contribution in [0.2, 0.25) is 0 Å². The molecule has 0 heterocycles. The van der Waals surface area contributed by atoms with Crippen LogP contribution < -0.4 is 5.73 Å². The molecule has 56 valence electrons. The molecule has 10 heavy (non-hydrogen) atoms. The molecule has 1 aliphatic carbocycles. The highest BCUT2D eigenvalue weighted by Crippen LogP contribution is 2.44. The van der Waals surface area contributed by atoms with Crippen molar-refractivity contribution in [1.29, 1.82) is 5.41 Å². The Bertz CT molecular complexity index is 181. The van der Waals surface area contributed by atoms with Crippen molar-refractivity contribution >= 4 is 16.9 Å². The van der Waals surface area contributed by atoms with Gasteiger partial charge in [0.1, 0.15) is 0 Å². The highest BCUT2D eigenvalue weighted by molar-refractivity contribution is 8.14. The van der Waals surface area contributed by atoms with E-state index in [1.54, 1.807) is 0 Å². The van der Waals surface area contributed by atoms with Crippen molar-refractivity contribution in [2.75, 3.05) is 0 Å². The van der Waals surface area contributed by atoms with Crippen LogP contribution in [0.5, 0.6) is 0 Å². The van der Waals surface area contributed by atoms with Crippen LogP contribution in [-0.4, -0.2) is 15.5 Å². The van der Waals surface area contributed by atoms with Crippen molar-refractivity contribution in [1.82, 2.24) is 0 Å². The summed E-state index contributed by atoms with van der Waals surface area (Å²) in [5.41, 5.74) is 5.13. The third-order valence-electron chi connectivity index (χ3n) is 1.44. The molecule has 1 aliphatic rings. The standard InChI is InChI=1S/C6H10N2OS/c1-3(9)4-2-5(4)10-6(7)8/h4-5,9H,1-2H2,(H3,7,8)/t4-,5-/m0/s1. The lowest BCUT2D eigenvalue weighted by Gasteiger charge is -1.94. The molecule has 4 heteroatoms. The topological polar surface area (TPSA) is 70.1 Å². The average Bonchev–Trinajstić information content (AvgIpc) is 2.43. The quantitative estimate of drug-likeness (QED) is 0.320. The van der Waals surface area contributed by atoms with E-state index in [9.17, 15) is 0 Å². The number of allylic oxidation sites excluding steroid dienone is 1. The predicted molar refractivity (Wildman–Crippen MR) is 43.2 cm³/mol. The molecule has 0 amide bonds. The third-order valence-corrected chi connectivity index (χ3v) is 2.52. The fraction of sp³-hybridized carbons (Fsp3) is 0.500. The van der Waals surface area contributed by atoms with Crippen molar-refractivity contribution in [2.45, 2.75) is 11.7 Å². The number of thioether (sulfide) groups is 1. The van der Waals surface area contributed by atoms with E-state index in [2.05, 4.69) is 6.58 Å². The van der Waals surface area contributed by atoms with E-state index in [-0.39, 0.29) is 16.8 Å². The fourth-order valence-electron chi connectivity index (χ4n) is 0.816. The van der Waals surface area contributed by atoms with Gasteiger partial charge in [0.2, 0.25) is 0 Å². The van der Waals surface area contributed by atoms with Crippen LogP contribution in [0.25, 0.3) is 0 Å². The first-order chi connectivity index (χ1) is 4.61. The van der Waals surface area contributed by atoms with Gasteiger partial charge in [-0.25, -0.2) is 0 Å². The molecule has 1 fully saturated rings. The molecule has 0 aromatic carbocycles. The Labute approximate surface area is 63.8 Å². The summed E-state index contributed by atoms with van der Waals surface area (Å²) in [6.07, 6.45) is 0.902. The molecule has 1 rings (SSSR count). The lowest BCUT2D eigenvalue weighted by Crippen LogP contribution is -2.05. The molecular formula is C6H10N2OS. The van der Waals surface area contributed by atoms with Crippen molar-refractivity contribution in [2.24, 2.45) is 11.7 Å². The monoisotopic (exact) mass is 158 g/mol. The van der Waals surface area contributed by atoms with Gasteiger partial charge in [0.15, 0.2) is 5.17 Å². The van der Waals surface area contributed by atoms with Gasteiger partial charge >= 0.3 is 0 Å². The predicted octanol–water partition coefficient (Wildman–Crippen LogP) is 1.07. The average molecular weight is 158 g/mol. The SMILES string of the molecule is C=C(O)[C@@H]1C[C@@H]1SC(=N)N. The first-order valence-corrected chi connectivity index (χ1v) is 3.87. The van der Waals surface area contributed by atoms with Gasteiger partial charge in [-0.15, -0.1) is 0 Å². The van der Waals surface area contributed by atoms with E-state index in [0.29, 0.717) is 5.25 Å². The van der Waals surface area contributed by atoms with Crippen molar-refractivity contribution in [3.05, 3.63) is 12.3 Å². The van der Waals surface area contributed by atoms with Crippen molar-refractivity contribution in [3.63, 3.8) is 0 Å². The van der Waals surface area contributed by atoms with Crippen LogP contribution in [0, 0.1) is 11.3 Å². The van der Waals surface area contributed by atoms with Crippen LogP contribution in [0.1, 0.15) is 6.42 Å². The van der Waals surface area contributed by atoms with Gasteiger partial charge in [-0.05, 0) is 6.42 Å². The number of aliphatic hydroxyl groups is 1. The first-order valence-electron chi connectivity index (χ1n) is 2.99. The molecule has 2 atom stereocenters. The number of hydrogen-bond donors (Lipinski definition) is 3. The second-order valence-corrected chi connectivity index (χ2v) is 3.64. The Balaban J connectivity index is 2.26. The van der Waals surface area contributed by atoms with Crippen LogP contribution in [0.15, 0.2) is 12.3 Å². The molecule has 3 nitrogen and oxygen atoms in total. The summed E-state index contributed by atoms with van der Waals surface area (Å²) in [5.74, 6) is 0.396. The molecule has 4 N–H and O–H groups in total. The molecule has 0 saturated heterocycles. The molecule has 0 aromatic rings. The van der Waals surface area contributed by atoms with Gasteiger partial charge in [-0.2, -0.15) is 0 Å². The van der Waals surface area contributed by atoms with Crippen LogP contribution in [-0.2, 0) is 0 Å². The summed E-state index contributed by atoms with van der Waals surface area (Å²) < 4.78 is 0. The zero-order valence-corrected chi connectivity index (χ0v) is 6.32. The highest BCUT2D eigenvalue weighted by Gasteiger charge is 2.40. The van der Waals surface area contributed by atoms with E-state index < -0.39 is 0 Å². The largest absolute Gasteiger partial charge is 0.513 e. The Kier molecular flexibility index (Phi) is 1.89. The van der Waals surface area contributed by atoms with Crippen LogP contribution in [0.4, 0.5) is 0 Å². The van der Waals surface area contributed by atoms with Gasteiger partial charge in [0, 0.05) is 11.2 Å². The molecule has 0 bridgehead atoms. The minimum Gasteiger partial charge on any atom is -0.513 e. The van der Waals surface area contributed by atoms with Crippen molar-refractivity contribution in [3.8, 4) is 0 Å².